The molecule has 2 aromatic heterocycles. The van der Waals surface area contributed by atoms with E-state index >= 15 is 0 Å². The van der Waals surface area contributed by atoms with Crippen LogP contribution >= 0.6 is 0 Å². The van der Waals surface area contributed by atoms with Gasteiger partial charge in [0.25, 0.3) is 0 Å². The Morgan fingerprint density at radius 2 is 1.68 bits per heavy atom. The molecule has 124 valence electrons. The molecular weight excluding hydrogens is 329 g/mol. The molecule has 2 aromatic carbocycles. The molecule has 1 N–H and O–H groups in total. The molecule has 0 aliphatic carbocycles. The van der Waals surface area contributed by atoms with Crippen LogP contribution in [0, 0.1) is 0 Å². The summed E-state index contributed by atoms with van der Waals surface area (Å²) in [7, 11) is 0. The van der Waals surface area contributed by atoms with Crippen LogP contribution in [0.3, 0.4) is 0 Å². The van der Waals surface area contributed by atoms with Gasteiger partial charge in [-0.25, -0.2) is 4.98 Å². The lowest BCUT2D eigenvalue weighted by Crippen LogP contribution is -2.04. The molecule has 0 saturated heterocycles. The van der Waals surface area contributed by atoms with Gasteiger partial charge in [0.2, 0.25) is 0 Å². The Balaban J connectivity index is 1.83. The van der Waals surface area contributed by atoms with Crippen molar-refractivity contribution in [2.24, 2.45) is 0 Å². The summed E-state index contributed by atoms with van der Waals surface area (Å²) in [5.41, 5.74) is 2.73. The second kappa shape index (κ2) is 5.70. The number of hydrogen-bond acceptors (Lipinski definition) is 3. The minimum Gasteiger partial charge on any atom is -0.277 e. The van der Waals surface area contributed by atoms with Gasteiger partial charge in [-0.05, 0) is 24.3 Å². The van der Waals surface area contributed by atoms with Crippen LogP contribution in [0.5, 0.6) is 0 Å². The number of alkyl halides is 3. The van der Waals surface area contributed by atoms with Crippen molar-refractivity contribution >= 4 is 11.0 Å². The van der Waals surface area contributed by atoms with Crippen LogP contribution in [0.2, 0.25) is 0 Å². The molecule has 4 aromatic rings. The smallest absolute Gasteiger partial charge is 0.277 e. The molecule has 7 heteroatoms. The van der Waals surface area contributed by atoms with Gasteiger partial charge in [-0.2, -0.15) is 18.3 Å². The number of halogens is 3. The number of hydrogen-bond donors (Lipinski definition) is 1. The van der Waals surface area contributed by atoms with E-state index in [0.29, 0.717) is 28.0 Å². The number of rotatable bonds is 2. The van der Waals surface area contributed by atoms with E-state index in [0.717, 1.165) is 17.6 Å². The summed E-state index contributed by atoms with van der Waals surface area (Å²) in [5.74, 6) is 0. The lowest BCUT2D eigenvalue weighted by atomic mass is 10.0. The number of nitrogens with zero attached hydrogens (tertiary/aromatic N) is 3. The molecule has 2 heterocycles. The van der Waals surface area contributed by atoms with Crippen LogP contribution in [-0.4, -0.2) is 20.2 Å². The summed E-state index contributed by atoms with van der Waals surface area (Å²) in [6.07, 6.45) is -1.28. The first kappa shape index (κ1) is 15.3. The molecule has 4 rings (SSSR count). The highest BCUT2D eigenvalue weighted by atomic mass is 19.4. The normalized spacial score (nSPS) is 11.8. The Kier molecular flexibility index (Phi) is 3.49. The Bertz CT molecular complexity index is 1050. The molecule has 0 spiro atoms. The summed E-state index contributed by atoms with van der Waals surface area (Å²) < 4.78 is 38.9. The number of aromatic amines is 1. The Hall–Kier alpha value is -3.22. The molecular formula is C18H11F3N4. The maximum absolute atomic E-state index is 13.0. The fourth-order valence-corrected chi connectivity index (χ4v) is 2.64. The van der Waals surface area contributed by atoms with E-state index in [-0.39, 0.29) is 0 Å². The average molecular weight is 340 g/mol. The maximum atomic E-state index is 13.0. The van der Waals surface area contributed by atoms with E-state index in [4.69, 9.17) is 0 Å². The summed E-state index contributed by atoms with van der Waals surface area (Å²) in [6, 6.07) is 12.5. The van der Waals surface area contributed by atoms with Crippen LogP contribution in [-0.2, 0) is 6.18 Å². The van der Waals surface area contributed by atoms with Crippen LogP contribution in [0.25, 0.3) is 33.5 Å². The highest BCUT2D eigenvalue weighted by Gasteiger charge is 2.30. The van der Waals surface area contributed by atoms with Crippen LogP contribution in [0.1, 0.15) is 5.56 Å². The van der Waals surface area contributed by atoms with Crippen molar-refractivity contribution in [1.82, 2.24) is 20.2 Å². The van der Waals surface area contributed by atoms with Gasteiger partial charge >= 0.3 is 6.18 Å². The predicted octanol–water partition coefficient (Wildman–Crippen LogP) is 4.71. The van der Waals surface area contributed by atoms with Crippen molar-refractivity contribution in [1.29, 1.82) is 0 Å². The van der Waals surface area contributed by atoms with Crippen molar-refractivity contribution in [3.8, 4) is 22.5 Å². The van der Waals surface area contributed by atoms with Gasteiger partial charge in [0.1, 0.15) is 0 Å². The molecule has 0 saturated carbocycles. The molecule has 0 radical (unpaired) electrons. The standard InChI is InChI=1S/C18H11F3N4/c19-18(20,21)12-5-3-4-11(8-12)17-13(9-23-25-17)16-10-22-14-6-1-2-7-15(14)24-16/h1-10H,(H,23,25). The first-order valence-corrected chi connectivity index (χ1v) is 7.45. The third-order valence-electron chi connectivity index (χ3n) is 3.84. The minimum absolute atomic E-state index is 0.386. The Morgan fingerprint density at radius 1 is 0.880 bits per heavy atom. The van der Waals surface area contributed by atoms with E-state index in [2.05, 4.69) is 20.2 Å². The van der Waals surface area contributed by atoms with E-state index in [1.165, 1.54) is 12.3 Å². The average Bonchev–Trinajstić information content (AvgIpc) is 3.10. The van der Waals surface area contributed by atoms with Gasteiger partial charge in [-0.1, -0.05) is 24.3 Å². The number of para-hydroxylation sites is 2. The molecule has 0 atom stereocenters. The molecule has 25 heavy (non-hydrogen) atoms. The molecule has 0 unspecified atom stereocenters. The van der Waals surface area contributed by atoms with Crippen LogP contribution in [0.15, 0.2) is 60.9 Å². The zero-order chi connectivity index (χ0) is 17.4. The number of aromatic nitrogens is 4. The van der Waals surface area contributed by atoms with Crippen molar-refractivity contribution in [2.75, 3.05) is 0 Å². The minimum atomic E-state index is -4.40. The third-order valence-corrected chi connectivity index (χ3v) is 3.84. The summed E-state index contributed by atoms with van der Waals surface area (Å²) in [5, 5.41) is 6.73. The van der Waals surface area contributed by atoms with Crippen molar-refractivity contribution < 1.29 is 13.2 Å². The number of H-pyrrole nitrogens is 1. The molecule has 0 fully saturated rings. The fourth-order valence-electron chi connectivity index (χ4n) is 2.64. The third kappa shape index (κ3) is 2.84. The quantitative estimate of drug-likeness (QED) is 0.575. The zero-order valence-corrected chi connectivity index (χ0v) is 12.7. The van der Waals surface area contributed by atoms with Crippen molar-refractivity contribution in [2.45, 2.75) is 6.18 Å². The number of nitrogens with one attached hydrogen (secondary N) is 1. The summed E-state index contributed by atoms with van der Waals surface area (Å²) in [6.45, 7) is 0. The first-order chi connectivity index (χ1) is 12.0. The largest absolute Gasteiger partial charge is 0.416 e. The number of fused-ring (bicyclic) bond motifs is 1. The van der Waals surface area contributed by atoms with E-state index in [1.54, 1.807) is 12.3 Å². The summed E-state index contributed by atoms with van der Waals surface area (Å²) in [4.78, 5) is 8.87. The second-order valence-corrected chi connectivity index (χ2v) is 5.48. The van der Waals surface area contributed by atoms with Gasteiger partial charge in [-0.15, -0.1) is 0 Å². The first-order valence-electron chi connectivity index (χ1n) is 7.45. The molecule has 0 amide bonds. The van der Waals surface area contributed by atoms with Gasteiger partial charge in [-0.3, -0.25) is 10.1 Å². The predicted molar refractivity (Wildman–Crippen MR) is 87.6 cm³/mol. The zero-order valence-electron chi connectivity index (χ0n) is 12.7. The fraction of sp³-hybridized carbons (Fsp3) is 0.0556. The molecule has 4 nitrogen and oxygen atoms in total. The van der Waals surface area contributed by atoms with E-state index in [1.807, 2.05) is 24.3 Å². The summed E-state index contributed by atoms with van der Waals surface area (Å²) >= 11 is 0. The SMILES string of the molecule is FC(F)(F)c1cccc(-c2[nH]ncc2-c2cnc3ccccc3n2)c1. The molecule has 0 bridgehead atoms. The second-order valence-electron chi connectivity index (χ2n) is 5.48. The van der Waals surface area contributed by atoms with Gasteiger partial charge in [0.15, 0.2) is 0 Å². The molecule has 0 aliphatic heterocycles. The number of benzene rings is 2. The van der Waals surface area contributed by atoms with Crippen LogP contribution in [0.4, 0.5) is 13.2 Å². The lowest BCUT2D eigenvalue weighted by Gasteiger charge is -2.09. The van der Waals surface area contributed by atoms with Gasteiger partial charge in [0.05, 0.1) is 40.4 Å². The highest BCUT2D eigenvalue weighted by molar-refractivity contribution is 5.82. The van der Waals surface area contributed by atoms with Gasteiger partial charge in [0, 0.05) is 11.1 Å². The van der Waals surface area contributed by atoms with E-state index < -0.39 is 11.7 Å². The van der Waals surface area contributed by atoms with Crippen molar-refractivity contribution in [3.63, 3.8) is 0 Å². The molecule has 0 aliphatic rings. The van der Waals surface area contributed by atoms with Gasteiger partial charge < -0.3 is 0 Å². The topological polar surface area (TPSA) is 54.5 Å². The Labute approximate surface area is 140 Å². The van der Waals surface area contributed by atoms with E-state index in [9.17, 15) is 13.2 Å². The lowest BCUT2D eigenvalue weighted by molar-refractivity contribution is -0.137. The maximum Gasteiger partial charge on any atom is 0.416 e. The van der Waals surface area contributed by atoms with Crippen molar-refractivity contribution in [3.05, 3.63) is 66.5 Å². The highest BCUT2D eigenvalue weighted by Crippen LogP contribution is 2.34. The Morgan fingerprint density at radius 3 is 2.48 bits per heavy atom. The monoisotopic (exact) mass is 340 g/mol. The van der Waals surface area contributed by atoms with Crippen LogP contribution < -0.4 is 0 Å².